The fourth-order valence-corrected chi connectivity index (χ4v) is 4.18. The van der Waals surface area contributed by atoms with Crippen molar-refractivity contribution >= 4 is 44.6 Å². The van der Waals surface area contributed by atoms with E-state index in [4.69, 9.17) is 23.2 Å². The molecule has 108 valence electrons. The number of fused-ring (bicyclic) bond motifs is 1. The molecule has 2 aromatic carbocycles. The van der Waals surface area contributed by atoms with Crippen molar-refractivity contribution in [2.45, 2.75) is 12.5 Å². The van der Waals surface area contributed by atoms with Crippen LogP contribution < -0.4 is 5.32 Å². The second-order valence-corrected chi connectivity index (χ2v) is 6.86. The summed E-state index contributed by atoms with van der Waals surface area (Å²) in [5.41, 5.74) is 0.998. The molecule has 0 saturated heterocycles. The van der Waals surface area contributed by atoms with Crippen molar-refractivity contribution in [3.05, 3.63) is 69.0 Å². The van der Waals surface area contributed by atoms with Gasteiger partial charge in [0.05, 0.1) is 0 Å². The molecule has 0 spiro atoms. The van der Waals surface area contributed by atoms with Crippen LogP contribution in [0.3, 0.4) is 0 Å². The van der Waals surface area contributed by atoms with Crippen LogP contribution in [0.15, 0.2) is 48.5 Å². The van der Waals surface area contributed by atoms with Gasteiger partial charge in [-0.05, 0) is 48.7 Å². The number of thiophene rings is 1. The van der Waals surface area contributed by atoms with Gasteiger partial charge < -0.3 is 5.32 Å². The largest absolute Gasteiger partial charge is 0.312 e. The number of rotatable bonds is 4. The van der Waals surface area contributed by atoms with Crippen molar-refractivity contribution in [3.8, 4) is 0 Å². The maximum Gasteiger partial charge on any atom is 0.0454 e. The zero-order valence-electron chi connectivity index (χ0n) is 11.6. The number of hydrogen-bond donors (Lipinski definition) is 1. The molecule has 4 heteroatoms. The lowest BCUT2D eigenvalue weighted by atomic mass is 10.0. The number of likely N-dealkylation sites (N-methyl/N-ethyl adjacent to an activating group) is 1. The van der Waals surface area contributed by atoms with Gasteiger partial charge in [-0.25, -0.2) is 0 Å². The minimum Gasteiger partial charge on any atom is -0.312 e. The molecule has 0 saturated carbocycles. The van der Waals surface area contributed by atoms with Crippen molar-refractivity contribution in [2.75, 3.05) is 7.05 Å². The van der Waals surface area contributed by atoms with E-state index in [0.717, 1.165) is 22.0 Å². The molecule has 0 amide bonds. The predicted molar refractivity (Wildman–Crippen MR) is 93.8 cm³/mol. The first-order valence-corrected chi connectivity index (χ1v) is 8.35. The topological polar surface area (TPSA) is 12.0 Å². The van der Waals surface area contributed by atoms with E-state index < -0.39 is 0 Å². The summed E-state index contributed by atoms with van der Waals surface area (Å²) in [6.45, 7) is 0. The Morgan fingerprint density at radius 3 is 2.43 bits per heavy atom. The Bertz CT molecular complexity index is 713. The Hall–Kier alpha value is -1.06. The molecule has 1 N–H and O–H groups in total. The average molecular weight is 336 g/mol. The molecule has 0 aliphatic rings. The minimum absolute atomic E-state index is 0.208. The monoisotopic (exact) mass is 335 g/mol. The van der Waals surface area contributed by atoms with Crippen LogP contribution in [0.5, 0.6) is 0 Å². The van der Waals surface area contributed by atoms with Crippen molar-refractivity contribution in [1.82, 2.24) is 5.32 Å². The number of halogens is 2. The van der Waals surface area contributed by atoms with E-state index in [2.05, 4.69) is 35.6 Å². The van der Waals surface area contributed by atoms with Crippen LogP contribution in [-0.2, 0) is 6.42 Å². The molecule has 1 heterocycles. The molecule has 1 unspecified atom stereocenters. The Morgan fingerprint density at radius 2 is 1.76 bits per heavy atom. The van der Waals surface area contributed by atoms with Crippen molar-refractivity contribution in [3.63, 3.8) is 0 Å². The Kier molecular flexibility index (Phi) is 4.51. The Morgan fingerprint density at radius 1 is 1.05 bits per heavy atom. The second-order valence-electron chi connectivity index (χ2n) is 4.93. The minimum atomic E-state index is 0.208. The molecule has 0 fully saturated rings. The van der Waals surface area contributed by atoms with Gasteiger partial charge in [-0.1, -0.05) is 47.5 Å². The maximum absolute atomic E-state index is 6.29. The van der Waals surface area contributed by atoms with Gasteiger partial charge in [0.15, 0.2) is 0 Å². The van der Waals surface area contributed by atoms with Crippen LogP contribution in [0, 0.1) is 0 Å². The summed E-state index contributed by atoms with van der Waals surface area (Å²) in [6.07, 6.45) is 0.780. The first-order valence-electron chi connectivity index (χ1n) is 6.77. The van der Waals surface area contributed by atoms with Gasteiger partial charge in [0, 0.05) is 25.7 Å². The van der Waals surface area contributed by atoms with E-state index in [-0.39, 0.29) is 6.04 Å². The highest BCUT2D eigenvalue weighted by Crippen LogP contribution is 2.34. The van der Waals surface area contributed by atoms with Gasteiger partial charge in [0.2, 0.25) is 0 Å². The van der Waals surface area contributed by atoms with Gasteiger partial charge in [-0.3, -0.25) is 0 Å². The molecule has 21 heavy (non-hydrogen) atoms. The molecule has 3 rings (SSSR count). The summed E-state index contributed by atoms with van der Waals surface area (Å²) < 4.78 is 1.30. The van der Waals surface area contributed by atoms with Gasteiger partial charge >= 0.3 is 0 Å². The molecule has 3 aromatic rings. The van der Waals surface area contributed by atoms with Crippen LogP contribution in [0.1, 0.15) is 16.5 Å². The van der Waals surface area contributed by atoms with E-state index >= 15 is 0 Å². The van der Waals surface area contributed by atoms with Crippen LogP contribution >= 0.6 is 34.5 Å². The lowest BCUT2D eigenvalue weighted by molar-refractivity contribution is 0.602. The number of benzene rings is 2. The van der Waals surface area contributed by atoms with Gasteiger partial charge in [0.25, 0.3) is 0 Å². The van der Waals surface area contributed by atoms with Crippen molar-refractivity contribution in [1.29, 1.82) is 0 Å². The zero-order chi connectivity index (χ0) is 14.8. The fourth-order valence-electron chi connectivity index (χ4n) is 2.45. The molecule has 0 aliphatic heterocycles. The van der Waals surface area contributed by atoms with E-state index in [0.29, 0.717) is 0 Å². The van der Waals surface area contributed by atoms with Crippen molar-refractivity contribution < 1.29 is 0 Å². The average Bonchev–Trinajstić information content (AvgIpc) is 2.90. The molecular formula is C17H15Cl2NS. The second kappa shape index (κ2) is 6.37. The van der Waals surface area contributed by atoms with Crippen LogP contribution in [0.25, 0.3) is 10.1 Å². The smallest absolute Gasteiger partial charge is 0.0454 e. The summed E-state index contributed by atoms with van der Waals surface area (Å²) >= 11 is 14.4. The van der Waals surface area contributed by atoms with Gasteiger partial charge in [0.1, 0.15) is 0 Å². The van der Waals surface area contributed by atoms with E-state index in [1.807, 2.05) is 36.6 Å². The Labute approximate surface area is 138 Å². The van der Waals surface area contributed by atoms with Crippen LogP contribution in [-0.4, -0.2) is 7.05 Å². The Balaban J connectivity index is 1.95. The third-order valence-corrected chi connectivity index (χ3v) is 5.54. The SMILES string of the molecule is CNC(Cc1c(Cl)cccc1Cl)c1cc2ccccc2s1. The highest BCUT2D eigenvalue weighted by atomic mass is 35.5. The fraction of sp³-hybridized carbons (Fsp3) is 0.176. The van der Waals surface area contributed by atoms with Gasteiger partial charge in [-0.2, -0.15) is 0 Å². The molecule has 1 nitrogen and oxygen atoms in total. The molecule has 1 atom stereocenters. The summed E-state index contributed by atoms with van der Waals surface area (Å²) in [6, 6.07) is 16.5. The number of hydrogen-bond acceptors (Lipinski definition) is 2. The third-order valence-electron chi connectivity index (χ3n) is 3.61. The van der Waals surface area contributed by atoms with Gasteiger partial charge in [-0.15, -0.1) is 11.3 Å². The normalized spacial score (nSPS) is 12.7. The van der Waals surface area contributed by atoms with Crippen molar-refractivity contribution in [2.24, 2.45) is 0 Å². The van der Waals surface area contributed by atoms with E-state index in [1.54, 1.807) is 0 Å². The zero-order valence-corrected chi connectivity index (χ0v) is 13.9. The summed E-state index contributed by atoms with van der Waals surface area (Å²) in [5, 5.41) is 6.11. The molecular weight excluding hydrogens is 321 g/mol. The first-order chi connectivity index (χ1) is 10.2. The first kappa shape index (κ1) is 14.9. The summed E-state index contributed by atoms with van der Waals surface area (Å²) in [5.74, 6) is 0. The third kappa shape index (κ3) is 3.09. The van der Waals surface area contributed by atoms with E-state index in [1.165, 1.54) is 15.0 Å². The molecule has 0 bridgehead atoms. The van der Waals surface area contributed by atoms with Crippen LogP contribution in [0.4, 0.5) is 0 Å². The highest BCUT2D eigenvalue weighted by Gasteiger charge is 2.16. The molecule has 0 radical (unpaired) electrons. The van der Waals surface area contributed by atoms with Crippen LogP contribution in [0.2, 0.25) is 10.0 Å². The maximum atomic E-state index is 6.29. The molecule has 0 aliphatic carbocycles. The number of nitrogens with one attached hydrogen (secondary N) is 1. The quantitative estimate of drug-likeness (QED) is 0.643. The summed E-state index contributed by atoms with van der Waals surface area (Å²) in [7, 11) is 1.97. The highest BCUT2D eigenvalue weighted by molar-refractivity contribution is 7.19. The predicted octanol–water partition coefficient (Wildman–Crippen LogP) is 5.71. The summed E-state index contributed by atoms with van der Waals surface area (Å²) in [4.78, 5) is 1.30. The molecule has 1 aromatic heterocycles. The van der Waals surface area contributed by atoms with E-state index in [9.17, 15) is 0 Å². The lowest BCUT2D eigenvalue weighted by Gasteiger charge is -2.16. The standard InChI is InChI=1S/C17H15Cl2NS/c1-20-15(10-12-13(18)6-4-7-14(12)19)17-9-11-5-2-3-8-16(11)21-17/h2-9,15,20H,10H2,1H3. The lowest BCUT2D eigenvalue weighted by Crippen LogP contribution is -2.18.